The average molecular weight is 485 g/mol. The van der Waals surface area contributed by atoms with Gasteiger partial charge in [-0.1, -0.05) is 30.3 Å². The number of ether oxygens (including phenoxy) is 2. The summed E-state index contributed by atoms with van der Waals surface area (Å²) in [7, 11) is 0. The van der Waals surface area contributed by atoms with Crippen molar-refractivity contribution >= 4 is 29.3 Å². The van der Waals surface area contributed by atoms with Gasteiger partial charge in [0.15, 0.2) is 11.5 Å². The Morgan fingerprint density at radius 1 is 0.806 bits per heavy atom. The number of fused-ring (bicyclic) bond motifs is 1. The van der Waals surface area contributed by atoms with E-state index in [9.17, 15) is 19.2 Å². The Morgan fingerprint density at radius 3 is 2.28 bits per heavy atom. The maximum Gasteiger partial charge on any atom is 0.255 e. The van der Waals surface area contributed by atoms with Gasteiger partial charge in [-0.2, -0.15) is 0 Å². The van der Waals surface area contributed by atoms with Crippen LogP contribution in [0.25, 0.3) is 0 Å². The summed E-state index contributed by atoms with van der Waals surface area (Å²) in [6.07, 6.45) is 0.478. The van der Waals surface area contributed by atoms with Gasteiger partial charge in [-0.3, -0.25) is 24.1 Å². The zero-order valence-corrected chi connectivity index (χ0v) is 19.3. The first-order chi connectivity index (χ1) is 17.5. The van der Waals surface area contributed by atoms with Gasteiger partial charge in [0, 0.05) is 24.9 Å². The molecule has 0 radical (unpaired) electrons. The molecule has 2 aliphatic heterocycles. The minimum Gasteiger partial charge on any atom is -0.454 e. The fraction of sp³-hybridized carbons (Fsp3) is 0.185. The van der Waals surface area contributed by atoms with Crippen LogP contribution in [0.5, 0.6) is 11.5 Å². The lowest BCUT2D eigenvalue weighted by Gasteiger charge is -2.14. The van der Waals surface area contributed by atoms with Crippen LogP contribution < -0.4 is 20.1 Å². The van der Waals surface area contributed by atoms with Gasteiger partial charge < -0.3 is 20.1 Å². The van der Waals surface area contributed by atoms with Gasteiger partial charge in [0.2, 0.25) is 18.6 Å². The van der Waals surface area contributed by atoms with Gasteiger partial charge in [0.05, 0.1) is 17.8 Å². The van der Waals surface area contributed by atoms with Gasteiger partial charge in [-0.25, -0.2) is 0 Å². The van der Waals surface area contributed by atoms with Crippen LogP contribution in [0.4, 0.5) is 5.69 Å². The van der Waals surface area contributed by atoms with Gasteiger partial charge in [0.25, 0.3) is 11.8 Å². The Labute approximate surface area is 207 Å². The highest BCUT2D eigenvalue weighted by molar-refractivity contribution is 6.09. The molecule has 1 fully saturated rings. The number of benzene rings is 3. The van der Waals surface area contributed by atoms with Crippen molar-refractivity contribution < 1.29 is 28.7 Å². The molecule has 2 aliphatic rings. The van der Waals surface area contributed by atoms with E-state index in [1.807, 2.05) is 12.1 Å². The molecule has 36 heavy (non-hydrogen) atoms. The molecule has 5 rings (SSSR count). The summed E-state index contributed by atoms with van der Waals surface area (Å²) in [5.41, 5.74) is 2.69. The summed E-state index contributed by atoms with van der Waals surface area (Å²) in [6.45, 7) is 0.645. The van der Waals surface area contributed by atoms with Crippen molar-refractivity contribution in [3.05, 3.63) is 89.0 Å². The van der Waals surface area contributed by atoms with Crippen LogP contribution in [-0.2, 0) is 22.7 Å². The van der Waals surface area contributed by atoms with Crippen LogP contribution in [0, 0.1) is 0 Å². The van der Waals surface area contributed by atoms with Gasteiger partial charge in [0.1, 0.15) is 0 Å². The van der Waals surface area contributed by atoms with Gasteiger partial charge in [-0.05, 0) is 47.5 Å². The van der Waals surface area contributed by atoms with Crippen molar-refractivity contribution in [1.82, 2.24) is 10.2 Å². The van der Waals surface area contributed by atoms with Crippen LogP contribution >= 0.6 is 0 Å². The normalized spacial score (nSPS) is 14.2. The summed E-state index contributed by atoms with van der Waals surface area (Å²) < 4.78 is 10.7. The summed E-state index contributed by atoms with van der Waals surface area (Å²) in [4.78, 5) is 50.6. The lowest BCUT2D eigenvalue weighted by Crippen LogP contribution is -2.28. The largest absolute Gasteiger partial charge is 0.454 e. The second-order valence-corrected chi connectivity index (χ2v) is 8.44. The standard InChI is InChI=1S/C27H23N3O6/c31-24-11-12-25(32)30(24)15-17-5-8-19(9-6-17)26(33)29-21-4-2-1-3-20(21)27(34)28-14-18-7-10-22-23(13-18)36-16-35-22/h1-10,13H,11-12,14-16H2,(H,28,34)(H,29,33). The third-order valence-corrected chi connectivity index (χ3v) is 6.02. The van der Waals surface area contributed by atoms with Gasteiger partial charge >= 0.3 is 0 Å². The molecule has 0 spiro atoms. The third-order valence-electron chi connectivity index (χ3n) is 6.02. The monoisotopic (exact) mass is 485 g/mol. The molecule has 0 saturated carbocycles. The molecule has 0 aliphatic carbocycles. The number of likely N-dealkylation sites (tertiary alicyclic amines) is 1. The molecule has 3 aromatic carbocycles. The van der Waals surface area contributed by atoms with Crippen LogP contribution in [0.1, 0.15) is 44.7 Å². The van der Waals surface area contributed by atoms with E-state index in [0.717, 1.165) is 11.1 Å². The Kier molecular flexibility index (Phi) is 6.36. The number of carbonyl (C=O) groups is 4. The zero-order chi connectivity index (χ0) is 25.1. The molecule has 1 saturated heterocycles. The molecule has 9 heteroatoms. The number of carbonyl (C=O) groups excluding carboxylic acids is 4. The number of nitrogens with one attached hydrogen (secondary N) is 2. The highest BCUT2D eigenvalue weighted by Gasteiger charge is 2.28. The Morgan fingerprint density at radius 2 is 1.50 bits per heavy atom. The van der Waals surface area contributed by atoms with E-state index in [-0.39, 0.29) is 56.4 Å². The molecule has 0 bridgehead atoms. The molecular formula is C27H23N3O6. The van der Waals surface area contributed by atoms with Gasteiger partial charge in [-0.15, -0.1) is 0 Å². The quantitative estimate of drug-likeness (QED) is 0.497. The Hall–Kier alpha value is -4.66. The Bertz CT molecular complexity index is 1340. The van der Waals surface area contributed by atoms with Crippen molar-refractivity contribution in [1.29, 1.82) is 0 Å². The second-order valence-electron chi connectivity index (χ2n) is 8.44. The summed E-state index contributed by atoms with van der Waals surface area (Å²) in [6, 6.07) is 18.9. The molecular weight excluding hydrogens is 462 g/mol. The molecule has 0 unspecified atom stereocenters. The first kappa shape index (κ1) is 23.1. The molecule has 2 N–H and O–H groups in total. The number of para-hydroxylation sites is 1. The molecule has 0 atom stereocenters. The maximum absolute atomic E-state index is 12.9. The van der Waals surface area contributed by atoms with E-state index in [1.54, 1.807) is 54.6 Å². The number of amides is 4. The molecule has 182 valence electrons. The average Bonchev–Trinajstić information content (AvgIpc) is 3.49. The topological polar surface area (TPSA) is 114 Å². The summed E-state index contributed by atoms with van der Waals surface area (Å²) in [5, 5.41) is 5.65. The van der Waals surface area contributed by atoms with E-state index in [0.29, 0.717) is 28.3 Å². The fourth-order valence-electron chi connectivity index (χ4n) is 4.06. The van der Waals surface area contributed by atoms with Crippen molar-refractivity contribution in [2.45, 2.75) is 25.9 Å². The minimum absolute atomic E-state index is 0.179. The summed E-state index contributed by atoms with van der Waals surface area (Å²) >= 11 is 0. The van der Waals surface area contributed by atoms with E-state index in [2.05, 4.69) is 10.6 Å². The maximum atomic E-state index is 12.9. The van der Waals surface area contributed by atoms with E-state index in [1.165, 1.54) is 4.90 Å². The van der Waals surface area contributed by atoms with E-state index in [4.69, 9.17) is 9.47 Å². The van der Waals surface area contributed by atoms with E-state index < -0.39 is 0 Å². The Balaban J connectivity index is 1.22. The zero-order valence-electron chi connectivity index (χ0n) is 19.3. The van der Waals surface area contributed by atoms with Crippen LogP contribution in [0.3, 0.4) is 0 Å². The van der Waals surface area contributed by atoms with Crippen LogP contribution in [0.2, 0.25) is 0 Å². The number of hydrogen-bond donors (Lipinski definition) is 2. The van der Waals surface area contributed by atoms with Crippen molar-refractivity contribution in [3.63, 3.8) is 0 Å². The smallest absolute Gasteiger partial charge is 0.255 e. The molecule has 0 aromatic heterocycles. The molecule has 3 aromatic rings. The van der Waals surface area contributed by atoms with Crippen molar-refractivity contribution in [2.75, 3.05) is 12.1 Å². The lowest BCUT2D eigenvalue weighted by atomic mass is 10.1. The van der Waals surface area contributed by atoms with E-state index >= 15 is 0 Å². The number of imide groups is 1. The minimum atomic E-state index is -0.383. The SMILES string of the molecule is O=C(Nc1ccccc1C(=O)NCc1ccc2c(c1)OCO2)c1ccc(CN2C(=O)CCC2=O)cc1. The first-order valence-electron chi connectivity index (χ1n) is 11.5. The fourth-order valence-corrected chi connectivity index (χ4v) is 4.06. The highest BCUT2D eigenvalue weighted by atomic mass is 16.7. The highest BCUT2D eigenvalue weighted by Crippen LogP contribution is 2.32. The third kappa shape index (κ3) is 4.90. The molecule has 9 nitrogen and oxygen atoms in total. The van der Waals surface area contributed by atoms with Crippen molar-refractivity contribution in [2.24, 2.45) is 0 Å². The lowest BCUT2D eigenvalue weighted by molar-refractivity contribution is -0.139. The predicted molar refractivity (Wildman–Crippen MR) is 129 cm³/mol. The number of hydrogen-bond acceptors (Lipinski definition) is 6. The summed E-state index contributed by atoms with van der Waals surface area (Å²) in [5.74, 6) is 0.221. The van der Waals surface area contributed by atoms with Crippen molar-refractivity contribution in [3.8, 4) is 11.5 Å². The molecule has 4 amide bonds. The van der Waals surface area contributed by atoms with Crippen LogP contribution in [0.15, 0.2) is 66.7 Å². The first-order valence-corrected chi connectivity index (χ1v) is 11.5. The second kappa shape index (κ2) is 9.91. The predicted octanol–water partition coefficient (Wildman–Crippen LogP) is 3.25. The number of nitrogens with zero attached hydrogens (tertiary/aromatic N) is 1. The number of anilines is 1. The molecule has 2 heterocycles. The van der Waals surface area contributed by atoms with Crippen LogP contribution in [-0.4, -0.2) is 35.3 Å². The number of rotatable bonds is 7.